The number of primary amides is 1. The van der Waals surface area contributed by atoms with E-state index in [2.05, 4.69) is 27.2 Å². The van der Waals surface area contributed by atoms with Crippen molar-refractivity contribution in [3.8, 4) is 0 Å². The van der Waals surface area contributed by atoms with Crippen LogP contribution in [0.2, 0.25) is 0 Å². The molecule has 0 aliphatic carbocycles. The van der Waals surface area contributed by atoms with E-state index < -0.39 is 11.9 Å². The second-order valence-corrected chi connectivity index (χ2v) is 8.20. The lowest BCUT2D eigenvalue weighted by Crippen LogP contribution is -2.30. The van der Waals surface area contributed by atoms with Crippen LogP contribution in [0, 0.1) is 0 Å². The molecule has 0 saturated carbocycles. The zero-order chi connectivity index (χ0) is 25.5. The number of likely N-dealkylation sites (tertiary alicyclic amines) is 1. The standard InChI is InChI=1S/C26H26N6O4/c1-2-22(33)32-13-12-20(15-32)29-21-14-28-23(24(27)34)25(31-21)30-19-10-8-18(9-11-19)26(35)36-16-17-6-4-3-5-7-17/h2-11,14,20H,1,12-13,15-16H2,(H2,27,34)(H2,29,30,31)/t20-/m1/s1. The quantitative estimate of drug-likeness (QED) is 0.310. The maximum atomic E-state index is 12.4. The minimum Gasteiger partial charge on any atom is -0.457 e. The molecule has 10 nitrogen and oxygen atoms in total. The number of aromatic nitrogens is 2. The highest BCUT2D eigenvalue weighted by Gasteiger charge is 2.25. The van der Waals surface area contributed by atoms with Gasteiger partial charge in [-0.2, -0.15) is 0 Å². The monoisotopic (exact) mass is 486 g/mol. The van der Waals surface area contributed by atoms with E-state index in [1.54, 1.807) is 29.2 Å². The molecule has 0 radical (unpaired) electrons. The van der Waals surface area contributed by atoms with Gasteiger partial charge in [0.05, 0.1) is 11.8 Å². The Morgan fingerprint density at radius 3 is 2.58 bits per heavy atom. The Hall–Kier alpha value is -4.73. The molecule has 1 aliphatic rings. The minimum absolute atomic E-state index is 0.0170. The predicted octanol–water partition coefficient (Wildman–Crippen LogP) is 2.87. The third kappa shape index (κ3) is 6.03. The molecule has 0 bridgehead atoms. The fourth-order valence-electron chi connectivity index (χ4n) is 3.78. The molecule has 2 amide bonds. The summed E-state index contributed by atoms with van der Waals surface area (Å²) >= 11 is 0. The zero-order valence-corrected chi connectivity index (χ0v) is 19.5. The summed E-state index contributed by atoms with van der Waals surface area (Å²) in [5.74, 6) is -0.703. The smallest absolute Gasteiger partial charge is 0.338 e. The van der Waals surface area contributed by atoms with Gasteiger partial charge in [0.25, 0.3) is 5.91 Å². The zero-order valence-electron chi connectivity index (χ0n) is 19.5. The molecule has 4 N–H and O–H groups in total. The lowest BCUT2D eigenvalue weighted by atomic mass is 10.2. The highest BCUT2D eigenvalue weighted by Crippen LogP contribution is 2.22. The number of hydrogen-bond acceptors (Lipinski definition) is 8. The van der Waals surface area contributed by atoms with Crippen molar-refractivity contribution in [2.45, 2.75) is 19.1 Å². The van der Waals surface area contributed by atoms with Crippen LogP contribution >= 0.6 is 0 Å². The highest BCUT2D eigenvalue weighted by atomic mass is 16.5. The Morgan fingerprint density at radius 2 is 1.89 bits per heavy atom. The molecule has 1 saturated heterocycles. The molecular formula is C26H26N6O4. The fourth-order valence-corrected chi connectivity index (χ4v) is 3.78. The van der Waals surface area contributed by atoms with Gasteiger partial charge in [0.1, 0.15) is 12.4 Å². The molecule has 3 aromatic rings. The largest absolute Gasteiger partial charge is 0.457 e. The summed E-state index contributed by atoms with van der Waals surface area (Å²) in [5, 5.41) is 6.27. The summed E-state index contributed by atoms with van der Waals surface area (Å²) in [6.07, 6.45) is 3.46. The van der Waals surface area contributed by atoms with Gasteiger partial charge in [0, 0.05) is 24.8 Å². The van der Waals surface area contributed by atoms with Crippen molar-refractivity contribution in [1.29, 1.82) is 0 Å². The molecule has 1 aliphatic heterocycles. The van der Waals surface area contributed by atoms with Crippen LogP contribution in [0.15, 0.2) is 73.4 Å². The molecule has 0 unspecified atom stereocenters. The molecule has 1 fully saturated rings. The molecule has 184 valence electrons. The summed E-state index contributed by atoms with van der Waals surface area (Å²) in [5.41, 5.74) is 7.31. The van der Waals surface area contributed by atoms with Crippen molar-refractivity contribution in [3.05, 3.63) is 90.3 Å². The third-order valence-corrected chi connectivity index (χ3v) is 5.63. The van der Waals surface area contributed by atoms with Gasteiger partial charge < -0.3 is 26.0 Å². The second-order valence-electron chi connectivity index (χ2n) is 8.20. The number of amides is 2. The molecule has 10 heteroatoms. The second kappa shape index (κ2) is 11.1. The molecule has 1 aromatic heterocycles. The lowest BCUT2D eigenvalue weighted by molar-refractivity contribution is -0.125. The van der Waals surface area contributed by atoms with Gasteiger partial charge >= 0.3 is 5.97 Å². The van der Waals surface area contributed by atoms with Crippen molar-refractivity contribution in [3.63, 3.8) is 0 Å². The number of carbonyl (C=O) groups is 3. The summed E-state index contributed by atoms with van der Waals surface area (Å²) in [4.78, 5) is 46.4. The van der Waals surface area contributed by atoms with Crippen LogP contribution < -0.4 is 16.4 Å². The fraction of sp³-hybridized carbons (Fsp3) is 0.192. The Morgan fingerprint density at radius 1 is 1.14 bits per heavy atom. The van der Waals surface area contributed by atoms with Gasteiger partial charge in [0.2, 0.25) is 5.91 Å². The average molecular weight is 487 g/mol. The summed E-state index contributed by atoms with van der Waals surface area (Å²) in [7, 11) is 0. The molecule has 1 atom stereocenters. The SMILES string of the molecule is C=CC(=O)N1CC[C@@H](Nc2cnc(C(N)=O)c(Nc3ccc(C(=O)OCc4ccccc4)cc3)n2)C1. The third-order valence-electron chi connectivity index (χ3n) is 5.63. The molecular weight excluding hydrogens is 460 g/mol. The predicted molar refractivity (Wildman–Crippen MR) is 135 cm³/mol. The number of ether oxygens (including phenoxy) is 1. The minimum atomic E-state index is -0.735. The van der Waals surface area contributed by atoms with Crippen LogP contribution in [0.3, 0.4) is 0 Å². The van der Waals surface area contributed by atoms with E-state index in [-0.39, 0.29) is 30.1 Å². The van der Waals surface area contributed by atoms with Gasteiger partial charge in [-0.25, -0.2) is 14.8 Å². The van der Waals surface area contributed by atoms with Gasteiger partial charge in [-0.15, -0.1) is 0 Å². The van der Waals surface area contributed by atoms with Crippen LogP contribution in [0.1, 0.15) is 32.8 Å². The number of hydrogen-bond donors (Lipinski definition) is 3. The molecule has 0 spiro atoms. The van der Waals surface area contributed by atoms with Crippen molar-refractivity contribution >= 4 is 35.1 Å². The molecule has 36 heavy (non-hydrogen) atoms. The van der Waals surface area contributed by atoms with Crippen molar-refractivity contribution in [2.75, 3.05) is 23.7 Å². The van der Waals surface area contributed by atoms with Gasteiger partial charge in [-0.05, 0) is 42.3 Å². The Kier molecular flexibility index (Phi) is 7.54. The van der Waals surface area contributed by atoms with E-state index in [1.807, 2.05) is 30.3 Å². The average Bonchev–Trinajstić information content (AvgIpc) is 3.36. The van der Waals surface area contributed by atoms with Crippen molar-refractivity contribution in [2.24, 2.45) is 5.73 Å². The van der Waals surface area contributed by atoms with E-state index in [0.717, 1.165) is 12.0 Å². The summed E-state index contributed by atoms with van der Waals surface area (Å²) in [6, 6.07) is 15.9. The van der Waals surface area contributed by atoms with E-state index in [9.17, 15) is 14.4 Å². The number of nitrogens with one attached hydrogen (secondary N) is 2. The molecule has 2 heterocycles. The maximum absolute atomic E-state index is 12.4. The van der Waals surface area contributed by atoms with Gasteiger partial charge in [-0.1, -0.05) is 36.9 Å². The van der Waals surface area contributed by atoms with E-state index in [0.29, 0.717) is 30.2 Å². The normalized spacial score (nSPS) is 14.7. The summed E-state index contributed by atoms with van der Waals surface area (Å²) in [6.45, 7) is 4.82. The van der Waals surface area contributed by atoms with Crippen molar-refractivity contribution < 1.29 is 19.1 Å². The Labute approximate surface area is 208 Å². The van der Waals surface area contributed by atoms with Gasteiger partial charge in [-0.3, -0.25) is 9.59 Å². The number of anilines is 3. The Balaban J connectivity index is 1.42. The topological polar surface area (TPSA) is 140 Å². The van der Waals surface area contributed by atoms with Crippen LogP contribution in [-0.2, 0) is 16.1 Å². The molecule has 4 rings (SSSR count). The van der Waals surface area contributed by atoms with Crippen LogP contribution in [0.5, 0.6) is 0 Å². The van der Waals surface area contributed by atoms with Crippen LogP contribution in [-0.4, -0.2) is 51.8 Å². The lowest BCUT2D eigenvalue weighted by Gasteiger charge is -2.17. The summed E-state index contributed by atoms with van der Waals surface area (Å²) < 4.78 is 5.35. The first-order valence-electron chi connectivity index (χ1n) is 11.4. The van der Waals surface area contributed by atoms with E-state index >= 15 is 0 Å². The first-order valence-corrected chi connectivity index (χ1v) is 11.4. The van der Waals surface area contributed by atoms with Crippen molar-refractivity contribution in [1.82, 2.24) is 14.9 Å². The van der Waals surface area contributed by atoms with Crippen LogP contribution in [0.25, 0.3) is 0 Å². The van der Waals surface area contributed by atoms with Crippen LogP contribution in [0.4, 0.5) is 17.3 Å². The highest BCUT2D eigenvalue weighted by molar-refractivity contribution is 5.96. The number of carbonyl (C=O) groups excluding carboxylic acids is 3. The number of rotatable bonds is 9. The van der Waals surface area contributed by atoms with Gasteiger partial charge in [0.15, 0.2) is 11.5 Å². The van der Waals surface area contributed by atoms with E-state index in [4.69, 9.17) is 10.5 Å². The maximum Gasteiger partial charge on any atom is 0.338 e. The Bertz CT molecular complexity index is 1260. The molecule has 2 aromatic carbocycles. The number of benzene rings is 2. The number of nitrogens with two attached hydrogens (primary N) is 1. The first kappa shape index (κ1) is 24.4. The number of nitrogens with zero attached hydrogens (tertiary/aromatic N) is 3. The first-order chi connectivity index (χ1) is 17.4. The van der Waals surface area contributed by atoms with E-state index in [1.165, 1.54) is 12.3 Å². The number of esters is 1.